The van der Waals surface area contributed by atoms with Gasteiger partial charge in [0.1, 0.15) is 11.9 Å². The van der Waals surface area contributed by atoms with Crippen LogP contribution in [0.25, 0.3) is 0 Å². The third-order valence-electron chi connectivity index (χ3n) is 2.66. The van der Waals surface area contributed by atoms with Crippen molar-refractivity contribution in [1.82, 2.24) is 8.75 Å². The van der Waals surface area contributed by atoms with E-state index in [9.17, 15) is 0 Å². The van der Waals surface area contributed by atoms with Gasteiger partial charge in [0.25, 0.3) is 0 Å². The molecule has 4 nitrogen and oxygen atoms in total. The van der Waals surface area contributed by atoms with E-state index in [4.69, 9.17) is 16.3 Å². The minimum absolute atomic E-state index is 0.130. The number of anilines is 1. The lowest BCUT2D eigenvalue weighted by atomic mass is 10.1. The summed E-state index contributed by atoms with van der Waals surface area (Å²) in [6, 6.07) is 8.09. The SMILES string of the molecule is Clc1nsnc1NCC1Cc2ccccc2O1. The largest absolute Gasteiger partial charge is 0.488 e. The van der Waals surface area contributed by atoms with Crippen molar-refractivity contribution >= 4 is 29.1 Å². The van der Waals surface area contributed by atoms with Gasteiger partial charge in [-0.3, -0.25) is 0 Å². The van der Waals surface area contributed by atoms with Crippen LogP contribution in [-0.4, -0.2) is 21.4 Å². The van der Waals surface area contributed by atoms with Crippen LogP contribution in [0.5, 0.6) is 5.75 Å². The van der Waals surface area contributed by atoms with Crippen LogP contribution >= 0.6 is 23.3 Å². The molecule has 0 amide bonds. The summed E-state index contributed by atoms with van der Waals surface area (Å²) in [5.41, 5.74) is 1.25. The van der Waals surface area contributed by atoms with Crippen molar-refractivity contribution in [2.24, 2.45) is 0 Å². The second-order valence-electron chi connectivity index (χ2n) is 3.84. The third kappa shape index (κ3) is 2.21. The fraction of sp³-hybridized carbons (Fsp3) is 0.273. The molecule has 17 heavy (non-hydrogen) atoms. The molecule has 0 aliphatic carbocycles. The highest BCUT2D eigenvalue weighted by Crippen LogP contribution is 2.28. The van der Waals surface area contributed by atoms with E-state index in [0.29, 0.717) is 17.5 Å². The van der Waals surface area contributed by atoms with Gasteiger partial charge >= 0.3 is 0 Å². The fourth-order valence-electron chi connectivity index (χ4n) is 1.86. The number of para-hydroxylation sites is 1. The minimum Gasteiger partial charge on any atom is -0.488 e. The summed E-state index contributed by atoms with van der Waals surface area (Å²) in [5, 5.41) is 3.57. The van der Waals surface area contributed by atoms with E-state index in [0.717, 1.165) is 23.9 Å². The van der Waals surface area contributed by atoms with E-state index >= 15 is 0 Å². The first-order valence-corrected chi connectivity index (χ1v) is 6.40. The van der Waals surface area contributed by atoms with E-state index in [-0.39, 0.29) is 6.10 Å². The summed E-state index contributed by atoms with van der Waals surface area (Å²) in [6.45, 7) is 0.680. The normalized spacial score (nSPS) is 17.6. The van der Waals surface area contributed by atoms with Crippen molar-refractivity contribution in [2.45, 2.75) is 12.5 Å². The second-order valence-corrected chi connectivity index (χ2v) is 4.72. The van der Waals surface area contributed by atoms with Gasteiger partial charge in [0.05, 0.1) is 18.3 Å². The number of hydrogen-bond acceptors (Lipinski definition) is 5. The zero-order valence-electron chi connectivity index (χ0n) is 8.89. The van der Waals surface area contributed by atoms with Gasteiger partial charge < -0.3 is 10.1 Å². The molecule has 1 N–H and O–H groups in total. The number of hydrogen-bond donors (Lipinski definition) is 1. The molecule has 1 aliphatic heterocycles. The Morgan fingerprint density at radius 1 is 1.41 bits per heavy atom. The van der Waals surface area contributed by atoms with Gasteiger partial charge in [0.15, 0.2) is 11.0 Å². The summed E-state index contributed by atoms with van der Waals surface area (Å²) in [5.74, 6) is 1.61. The molecule has 1 unspecified atom stereocenters. The molecule has 88 valence electrons. The highest BCUT2D eigenvalue weighted by atomic mass is 35.5. The van der Waals surface area contributed by atoms with Crippen molar-refractivity contribution in [2.75, 3.05) is 11.9 Å². The average molecular weight is 268 g/mol. The van der Waals surface area contributed by atoms with E-state index in [1.807, 2.05) is 18.2 Å². The molecule has 2 heterocycles. The molecule has 0 spiro atoms. The maximum atomic E-state index is 5.85. The predicted molar refractivity (Wildman–Crippen MR) is 68.0 cm³/mol. The number of nitrogens with zero attached hydrogens (tertiary/aromatic N) is 2. The molecular weight excluding hydrogens is 258 g/mol. The molecule has 1 aromatic heterocycles. The molecule has 0 saturated heterocycles. The van der Waals surface area contributed by atoms with E-state index < -0.39 is 0 Å². The van der Waals surface area contributed by atoms with Gasteiger partial charge in [-0.05, 0) is 11.6 Å². The number of nitrogens with one attached hydrogen (secondary N) is 1. The first kappa shape index (κ1) is 10.8. The van der Waals surface area contributed by atoms with Gasteiger partial charge in [0, 0.05) is 6.42 Å². The summed E-state index contributed by atoms with van der Waals surface area (Å²) in [6.07, 6.45) is 1.04. The summed E-state index contributed by atoms with van der Waals surface area (Å²) < 4.78 is 13.7. The Labute approximate surface area is 108 Å². The molecule has 1 atom stereocenters. The summed E-state index contributed by atoms with van der Waals surface area (Å²) in [4.78, 5) is 0. The van der Waals surface area contributed by atoms with E-state index in [1.165, 1.54) is 5.56 Å². The topological polar surface area (TPSA) is 47.0 Å². The highest BCUT2D eigenvalue weighted by molar-refractivity contribution is 6.99. The fourth-order valence-corrected chi connectivity index (χ4v) is 2.54. The van der Waals surface area contributed by atoms with E-state index in [2.05, 4.69) is 20.1 Å². The number of ether oxygens (including phenoxy) is 1. The maximum Gasteiger partial charge on any atom is 0.186 e. The van der Waals surface area contributed by atoms with Gasteiger partial charge in [-0.1, -0.05) is 29.8 Å². The maximum absolute atomic E-state index is 5.85. The van der Waals surface area contributed by atoms with Crippen LogP contribution in [-0.2, 0) is 6.42 Å². The number of benzene rings is 1. The van der Waals surface area contributed by atoms with Crippen molar-refractivity contribution in [3.63, 3.8) is 0 Å². The monoisotopic (exact) mass is 267 g/mol. The molecule has 0 radical (unpaired) electrons. The lowest BCUT2D eigenvalue weighted by Crippen LogP contribution is -2.24. The lowest BCUT2D eigenvalue weighted by molar-refractivity contribution is 0.246. The van der Waals surface area contributed by atoms with Gasteiger partial charge in [-0.25, -0.2) is 0 Å². The molecule has 0 saturated carbocycles. The number of rotatable bonds is 3. The quantitative estimate of drug-likeness (QED) is 0.929. The Morgan fingerprint density at radius 2 is 2.29 bits per heavy atom. The van der Waals surface area contributed by atoms with Crippen molar-refractivity contribution in [3.05, 3.63) is 35.0 Å². The Balaban J connectivity index is 1.61. The molecule has 1 aliphatic rings. The molecule has 3 rings (SSSR count). The summed E-state index contributed by atoms with van der Waals surface area (Å²) >= 11 is 6.95. The molecule has 6 heteroatoms. The van der Waals surface area contributed by atoms with Gasteiger partial charge in [-0.15, -0.1) is 0 Å². The van der Waals surface area contributed by atoms with Crippen LogP contribution in [0.2, 0.25) is 5.15 Å². The Bertz CT molecular complexity index is 506. The highest BCUT2D eigenvalue weighted by Gasteiger charge is 2.22. The van der Waals surface area contributed by atoms with Crippen molar-refractivity contribution in [1.29, 1.82) is 0 Å². The number of fused-ring (bicyclic) bond motifs is 1. The average Bonchev–Trinajstić information content (AvgIpc) is 2.92. The smallest absolute Gasteiger partial charge is 0.186 e. The second kappa shape index (κ2) is 4.50. The zero-order chi connectivity index (χ0) is 11.7. The summed E-state index contributed by atoms with van der Waals surface area (Å²) in [7, 11) is 0. The lowest BCUT2D eigenvalue weighted by Gasteiger charge is -2.10. The molecule has 1 aromatic carbocycles. The predicted octanol–water partition coefficient (Wildman–Crippen LogP) is 2.61. The Hall–Kier alpha value is -1.33. The Morgan fingerprint density at radius 3 is 3.06 bits per heavy atom. The van der Waals surface area contributed by atoms with Crippen LogP contribution in [0, 0.1) is 0 Å². The molecule has 2 aromatic rings. The standard InChI is InChI=1S/C11H10ClN3OS/c12-10-11(15-17-14-10)13-6-8-5-7-3-1-2-4-9(7)16-8/h1-4,8H,5-6H2,(H,13,15). The minimum atomic E-state index is 0.130. The van der Waals surface area contributed by atoms with Crippen LogP contribution in [0.3, 0.4) is 0 Å². The van der Waals surface area contributed by atoms with Crippen LogP contribution in [0.1, 0.15) is 5.56 Å². The first-order valence-electron chi connectivity index (χ1n) is 5.29. The van der Waals surface area contributed by atoms with E-state index in [1.54, 1.807) is 0 Å². The zero-order valence-corrected chi connectivity index (χ0v) is 10.5. The Kier molecular flexibility index (Phi) is 2.86. The first-order chi connectivity index (χ1) is 8.33. The van der Waals surface area contributed by atoms with Crippen LogP contribution in [0.4, 0.5) is 5.82 Å². The van der Waals surface area contributed by atoms with Crippen molar-refractivity contribution in [3.8, 4) is 5.75 Å². The van der Waals surface area contributed by atoms with Gasteiger partial charge in [0.2, 0.25) is 0 Å². The van der Waals surface area contributed by atoms with Crippen LogP contribution < -0.4 is 10.1 Å². The molecular formula is C11H10ClN3OS. The molecule has 0 bridgehead atoms. The van der Waals surface area contributed by atoms with Crippen molar-refractivity contribution < 1.29 is 4.74 Å². The third-order valence-corrected chi connectivity index (χ3v) is 3.55. The number of halogens is 1. The molecule has 0 fully saturated rings. The van der Waals surface area contributed by atoms with Gasteiger partial charge in [-0.2, -0.15) is 8.75 Å². The van der Waals surface area contributed by atoms with Crippen LogP contribution in [0.15, 0.2) is 24.3 Å². The number of aromatic nitrogens is 2.